The number of hydrogen-bond donors (Lipinski definition) is 1. The van der Waals surface area contributed by atoms with Gasteiger partial charge in [0.2, 0.25) is 0 Å². The number of nitrogens with one attached hydrogen (secondary N) is 1. The highest BCUT2D eigenvalue weighted by molar-refractivity contribution is 7.13. The van der Waals surface area contributed by atoms with Crippen molar-refractivity contribution < 1.29 is 4.79 Å². The van der Waals surface area contributed by atoms with Crippen LogP contribution in [0.15, 0.2) is 0 Å². The van der Waals surface area contributed by atoms with Gasteiger partial charge in [0, 0.05) is 11.0 Å². The molecule has 0 aromatic heterocycles. The predicted molar refractivity (Wildman–Crippen MR) is 51.4 cm³/mol. The SMILES string of the molecule is CC(C)(C=O)CC(C)(C)NP. The summed E-state index contributed by atoms with van der Waals surface area (Å²) in [6, 6.07) is 0. The second-order valence-corrected chi connectivity index (χ2v) is 4.60. The third-order valence-corrected chi connectivity index (χ3v) is 2.39. The molecule has 11 heavy (non-hydrogen) atoms. The van der Waals surface area contributed by atoms with Gasteiger partial charge in [-0.3, -0.25) is 5.09 Å². The first-order valence-corrected chi connectivity index (χ1v) is 4.35. The van der Waals surface area contributed by atoms with E-state index in [0.29, 0.717) is 0 Å². The van der Waals surface area contributed by atoms with Crippen LogP contribution in [0, 0.1) is 5.41 Å². The zero-order valence-electron chi connectivity index (χ0n) is 7.77. The first-order valence-electron chi connectivity index (χ1n) is 3.77. The molecule has 0 fully saturated rings. The Morgan fingerprint density at radius 1 is 1.36 bits per heavy atom. The second-order valence-electron chi connectivity index (χ2n) is 4.31. The maximum absolute atomic E-state index is 10.6. The highest BCUT2D eigenvalue weighted by Crippen LogP contribution is 2.25. The summed E-state index contributed by atoms with van der Waals surface area (Å²) in [5.41, 5.74) is -0.220. The van der Waals surface area contributed by atoms with Crippen LogP contribution in [-0.4, -0.2) is 11.8 Å². The number of aldehydes is 1. The van der Waals surface area contributed by atoms with Crippen LogP contribution in [0.3, 0.4) is 0 Å². The quantitative estimate of drug-likeness (QED) is 0.521. The standard InChI is InChI=1S/C8H18NOP/c1-7(2,6-10)5-8(3,4)9-11/h6,9H,5,11H2,1-4H3. The zero-order valence-corrected chi connectivity index (χ0v) is 8.92. The Hall–Kier alpha value is 0.0600. The van der Waals surface area contributed by atoms with E-state index in [9.17, 15) is 4.79 Å². The average Bonchev–Trinajstić information content (AvgIpc) is 1.86. The maximum atomic E-state index is 10.6. The van der Waals surface area contributed by atoms with Crippen LogP contribution >= 0.6 is 9.39 Å². The van der Waals surface area contributed by atoms with E-state index in [4.69, 9.17) is 0 Å². The summed E-state index contributed by atoms with van der Waals surface area (Å²) in [6.07, 6.45) is 1.85. The van der Waals surface area contributed by atoms with Crippen molar-refractivity contribution in [2.24, 2.45) is 5.41 Å². The van der Waals surface area contributed by atoms with E-state index in [2.05, 4.69) is 28.3 Å². The smallest absolute Gasteiger partial charge is 0.125 e. The molecule has 0 aromatic carbocycles. The Morgan fingerprint density at radius 2 is 1.82 bits per heavy atom. The van der Waals surface area contributed by atoms with Crippen molar-refractivity contribution in [3.05, 3.63) is 0 Å². The van der Waals surface area contributed by atoms with Crippen LogP contribution in [0.5, 0.6) is 0 Å². The van der Waals surface area contributed by atoms with Crippen LogP contribution in [0.4, 0.5) is 0 Å². The molecule has 0 aliphatic heterocycles. The van der Waals surface area contributed by atoms with Gasteiger partial charge in [-0.05, 0) is 20.3 Å². The molecule has 1 N–H and O–H groups in total. The molecular weight excluding hydrogens is 157 g/mol. The number of carbonyl (C=O) groups excluding carboxylic acids is 1. The minimum Gasteiger partial charge on any atom is -0.303 e. The monoisotopic (exact) mass is 175 g/mol. The molecule has 3 heteroatoms. The first kappa shape index (κ1) is 11.1. The van der Waals surface area contributed by atoms with Gasteiger partial charge in [-0.2, -0.15) is 0 Å². The zero-order chi connectivity index (χ0) is 9.12. The summed E-state index contributed by atoms with van der Waals surface area (Å²) in [5.74, 6) is 0. The lowest BCUT2D eigenvalue weighted by molar-refractivity contribution is -0.115. The molecule has 0 rings (SSSR count). The summed E-state index contributed by atoms with van der Waals surface area (Å²) in [6.45, 7) is 8.05. The largest absolute Gasteiger partial charge is 0.303 e. The molecule has 0 aliphatic rings. The Labute approximate surface area is 71.4 Å². The highest BCUT2D eigenvalue weighted by atomic mass is 31.0. The normalized spacial score (nSPS) is 13.2. The molecule has 1 atom stereocenters. The van der Waals surface area contributed by atoms with Crippen LogP contribution in [0.2, 0.25) is 0 Å². The summed E-state index contributed by atoms with van der Waals surface area (Å²) in [5, 5.41) is 3.09. The van der Waals surface area contributed by atoms with Crippen molar-refractivity contribution in [3.8, 4) is 0 Å². The van der Waals surface area contributed by atoms with Gasteiger partial charge in [-0.25, -0.2) is 0 Å². The summed E-state index contributed by atoms with van der Waals surface area (Å²) >= 11 is 0. The minimum absolute atomic E-state index is 0.00900. The van der Waals surface area contributed by atoms with E-state index < -0.39 is 0 Å². The van der Waals surface area contributed by atoms with Gasteiger partial charge in [0.1, 0.15) is 6.29 Å². The molecule has 0 aliphatic carbocycles. The van der Waals surface area contributed by atoms with Crippen LogP contribution < -0.4 is 5.09 Å². The van der Waals surface area contributed by atoms with Crippen LogP contribution in [-0.2, 0) is 4.79 Å². The topological polar surface area (TPSA) is 29.1 Å². The molecule has 2 nitrogen and oxygen atoms in total. The van der Waals surface area contributed by atoms with Crippen LogP contribution in [0.25, 0.3) is 0 Å². The lowest BCUT2D eigenvalue weighted by Gasteiger charge is -2.30. The highest BCUT2D eigenvalue weighted by Gasteiger charge is 2.26. The van der Waals surface area contributed by atoms with Gasteiger partial charge in [-0.1, -0.05) is 23.2 Å². The Morgan fingerprint density at radius 3 is 2.09 bits per heavy atom. The Kier molecular flexibility index (Phi) is 3.66. The van der Waals surface area contributed by atoms with Crippen molar-refractivity contribution in [3.63, 3.8) is 0 Å². The van der Waals surface area contributed by atoms with Crippen molar-refractivity contribution in [2.75, 3.05) is 0 Å². The van der Waals surface area contributed by atoms with E-state index in [-0.39, 0.29) is 11.0 Å². The summed E-state index contributed by atoms with van der Waals surface area (Å²) < 4.78 is 0. The third kappa shape index (κ3) is 4.49. The molecule has 0 aromatic rings. The lowest BCUT2D eigenvalue weighted by Crippen LogP contribution is -2.37. The Balaban J connectivity index is 4.12. The van der Waals surface area contributed by atoms with Gasteiger partial charge >= 0.3 is 0 Å². The van der Waals surface area contributed by atoms with Crippen LogP contribution in [0.1, 0.15) is 34.1 Å². The summed E-state index contributed by atoms with van der Waals surface area (Å²) in [7, 11) is 2.48. The van der Waals surface area contributed by atoms with E-state index in [1.165, 1.54) is 0 Å². The molecule has 0 spiro atoms. The van der Waals surface area contributed by atoms with Crippen molar-refractivity contribution in [1.82, 2.24) is 5.09 Å². The van der Waals surface area contributed by atoms with E-state index in [1.807, 2.05) is 13.8 Å². The molecule has 1 unspecified atom stereocenters. The third-order valence-electron chi connectivity index (χ3n) is 1.61. The molecule has 0 heterocycles. The molecule has 0 saturated heterocycles. The fourth-order valence-corrected chi connectivity index (χ4v) is 1.33. The van der Waals surface area contributed by atoms with E-state index in [1.54, 1.807) is 0 Å². The van der Waals surface area contributed by atoms with E-state index >= 15 is 0 Å². The van der Waals surface area contributed by atoms with Gasteiger partial charge in [-0.15, -0.1) is 0 Å². The maximum Gasteiger partial charge on any atom is 0.125 e. The number of rotatable bonds is 4. The van der Waals surface area contributed by atoms with Gasteiger partial charge in [0.05, 0.1) is 0 Å². The van der Waals surface area contributed by atoms with Gasteiger partial charge in [0.25, 0.3) is 0 Å². The summed E-state index contributed by atoms with van der Waals surface area (Å²) in [4.78, 5) is 10.6. The molecular formula is C8H18NOP. The average molecular weight is 175 g/mol. The minimum atomic E-state index is -0.229. The fraction of sp³-hybridized carbons (Fsp3) is 0.875. The first-order chi connectivity index (χ1) is 4.83. The fourth-order valence-electron chi connectivity index (χ4n) is 1.23. The van der Waals surface area contributed by atoms with Gasteiger partial charge in [0.15, 0.2) is 0 Å². The van der Waals surface area contributed by atoms with E-state index in [0.717, 1.165) is 12.7 Å². The molecule has 0 amide bonds. The number of hydrogen-bond acceptors (Lipinski definition) is 2. The predicted octanol–water partition coefficient (Wildman–Crippen LogP) is 1.76. The van der Waals surface area contributed by atoms with Crippen molar-refractivity contribution in [1.29, 1.82) is 0 Å². The van der Waals surface area contributed by atoms with Crippen molar-refractivity contribution in [2.45, 2.75) is 39.7 Å². The molecule has 0 radical (unpaired) electrons. The molecule has 66 valence electrons. The van der Waals surface area contributed by atoms with Crippen molar-refractivity contribution >= 4 is 15.7 Å². The molecule has 0 bridgehead atoms. The molecule has 0 saturated carbocycles. The van der Waals surface area contributed by atoms with Gasteiger partial charge < -0.3 is 4.79 Å². The lowest BCUT2D eigenvalue weighted by atomic mass is 9.82. The number of carbonyl (C=O) groups is 1. The second kappa shape index (κ2) is 3.64. The Bertz CT molecular complexity index is 143.